The van der Waals surface area contributed by atoms with Gasteiger partial charge in [0.15, 0.2) is 5.96 Å². The molecule has 6 heteroatoms. The molecule has 1 heterocycles. The van der Waals surface area contributed by atoms with E-state index < -0.39 is 0 Å². The Labute approximate surface area is 192 Å². The minimum atomic E-state index is 0. The first-order chi connectivity index (χ1) is 13.7. The zero-order valence-electron chi connectivity index (χ0n) is 17.5. The Hall–Kier alpha value is -1.31. The summed E-state index contributed by atoms with van der Waals surface area (Å²) < 4.78 is 0. The summed E-state index contributed by atoms with van der Waals surface area (Å²) in [6.07, 6.45) is 9.35. The van der Waals surface area contributed by atoms with Gasteiger partial charge in [0.1, 0.15) is 0 Å². The quantitative estimate of drug-likeness (QED) is 0.361. The van der Waals surface area contributed by atoms with Crippen molar-refractivity contribution in [1.82, 2.24) is 15.5 Å². The Balaban J connectivity index is 0.00000240. The number of hydrogen-bond acceptors (Lipinski definition) is 2. The number of likely N-dealkylation sites (tertiary alicyclic amines) is 1. The molecule has 2 N–H and O–H groups in total. The van der Waals surface area contributed by atoms with Crippen molar-refractivity contribution in [3.8, 4) is 0 Å². The zero-order chi connectivity index (χ0) is 19.4. The number of aliphatic imine (C=N–C) groups is 1. The van der Waals surface area contributed by atoms with Crippen LogP contribution in [0.5, 0.6) is 0 Å². The minimum absolute atomic E-state index is 0. The zero-order valence-corrected chi connectivity index (χ0v) is 19.9. The second kappa shape index (κ2) is 10.1. The largest absolute Gasteiger partial charge is 0.356 e. The lowest BCUT2D eigenvalue weighted by Crippen LogP contribution is -2.47. The van der Waals surface area contributed by atoms with Crippen LogP contribution in [0.25, 0.3) is 0 Å². The third-order valence-corrected chi connectivity index (χ3v) is 6.85. The summed E-state index contributed by atoms with van der Waals surface area (Å²) in [5.41, 5.74) is 1.68. The maximum atomic E-state index is 12.8. The van der Waals surface area contributed by atoms with Crippen molar-refractivity contribution in [3.05, 3.63) is 35.9 Å². The number of rotatable bonds is 5. The lowest BCUT2D eigenvalue weighted by molar-refractivity contribution is -0.135. The van der Waals surface area contributed by atoms with Gasteiger partial charge >= 0.3 is 0 Å². The van der Waals surface area contributed by atoms with Crippen LogP contribution in [0, 0.1) is 5.92 Å². The molecule has 5 nitrogen and oxygen atoms in total. The molecule has 1 atom stereocenters. The van der Waals surface area contributed by atoms with E-state index in [1.165, 1.54) is 37.7 Å². The van der Waals surface area contributed by atoms with Gasteiger partial charge in [-0.3, -0.25) is 9.79 Å². The lowest BCUT2D eigenvalue weighted by atomic mass is 9.88. The monoisotopic (exact) mass is 510 g/mol. The Morgan fingerprint density at radius 3 is 2.52 bits per heavy atom. The first kappa shape index (κ1) is 22.4. The van der Waals surface area contributed by atoms with Crippen LogP contribution in [0.1, 0.15) is 56.9 Å². The van der Waals surface area contributed by atoms with E-state index in [1.54, 1.807) is 0 Å². The number of carbonyl (C=O) groups excluding carboxylic acids is 1. The van der Waals surface area contributed by atoms with Crippen LogP contribution in [0.15, 0.2) is 35.3 Å². The van der Waals surface area contributed by atoms with Gasteiger partial charge in [0, 0.05) is 44.1 Å². The van der Waals surface area contributed by atoms with Crippen molar-refractivity contribution >= 4 is 35.8 Å². The maximum absolute atomic E-state index is 12.8. The fourth-order valence-corrected chi connectivity index (χ4v) is 4.84. The highest BCUT2D eigenvalue weighted by Crippen LogP contribution is 2.47. The normalized spacial score (nSPS) is 24.0. The summed E-state index contributed by atoms with van der Waals surface area (Å²) in [6, 6.07) is 11.1. The molecule has 2 saturated carbocycles. The van der Waals surface area contributed by atoms with E-state index in [9.17, 15) is 4.79 Å². The SMILES string of the molecule is CN=C(NCC1(c2ccccc2)CC1)NC1CCN(C(=O)C2CCCCC2)C1.I. The van der Waals surface area contributed by atoms with Crippen molar-refractivity contribution < 1.29 is 4.79 Å². The van der Waals surface area contributed by atoms with Crippen LogP contribution >= 0.6 is 24.0 Å². The molecule has 1 aliphatic heterocycles. The van der Waals surface area contributed by atoms with E-state index >= 15 is 0 Å². The smallest absolute Gasteiger partial charge is 0.225 e. The van der Waals surface area contributed by atoms with Crippen LogP contribution in [0.3, 0.4) is 0 Å². The van der Waals surface area contributed by atoms with Gasteiger partial charge in [-0.25, -0.2) is 0 Å². The van der Waals surface area contributed by atoms with Crippen molar-refractivity contribution in [2.75, 3.05) is 26.7 Å². The number of benzene rings is 1. The molecule has 0 spiro atoms. The van der Waals surface area contributed by atoms with Crippen LogP contribution in [0.2, 0.25) is 0 Å². The predicted octanol–water partition coefficient (Wildman–Crippen LogP) is 3.68. The van der Waals surface area contributed by atoms with E-state index in [0.717, 1.165) is 44.9 Å². The highest BCUT2D eigenvalue weighted by atomic mass is 127. The fourth-order valence-electron chi connectivity index (χ4n) is 4.84. The van der Waals surface area contributed by atoms with Crippen LogP contribution in [-0.2, 0) is 10.2 Å². The van der Waals surface area contributed by atoms with Gasteiger partial charge < -0.3 is 15.5 Å². The molecule has 0 bridgehead atoms. The predicted molar refractivity (Wildman–Crippen MR) is 129 cm³/mol. The summed E-state index contributed by atoms with van der Waals surface area (Å²) in [5, 5.41) is 7.09. The summed E-state index contributed by atoms with van der Waals surface area (Å²) in [7, 11) is 1.83. The second-order valence-corrected chi connectivity index (χ2v) is 8.82. The summed E-state index contributed by atoms with van der Waals surface area (Å²) in [6.45, 7) is 2.59. The van der Waals surface area contributed by atoms with E-state index in [-0.39, 0.29) is 35.3 Å². The molecule has 0 aromatic heterocycles. The molecule has 4 rings (SSSR count). The van der Waals surface area contributed by atoms with Gasteiger partial charge in [-0.2, -0.15) is 0 Å². The van der Waals surface area contributed by atoms with Crippen molar-refractivity contribution in [2.24, 2.45) is 10.9 Å². The third kappa shape index (κ3) is 5.44. The van der Waals surface area contributed by atoms with Crippen molar-refractivity contribution in [2.45, 2.75) is 62.8 Å². The Morgan fingerprint density at radius 1 is 1.14 bits per heavy atom. The topological polar surface area (TPSA) is 56.7 Å². The van der Waals surface area contributed by atoms with Crippen molar-refractivity contribution in [1.29, 1.82) is 0 Å². The molecule has 0 radical (unpaired) electrons. The number of nitrogens with zero attached hydrogens (tertiary/aromatic N) is 2. The number of halogens is 1. The highest BCUT2D eigenvalue weighted by molar-refractivity contribution is 14.0. The van der Waals surface area contributed by atoms with Crippen LogP contribution < -0.4 is 10.6 Å². The van der Waals surface area contributed by atoms with Gasteiger partial charge in [0.05, 0.1) is 0 Å². The molecule has 29 heavy (non-hydrogen) atoms. The van der Waals surface area contributed by atoms with Gasteiger partial charge in [0.25, 0.3) is 0 Å². The summed E-state index contributed by atoms with van der Waals surface area (Å²) >= 11 is 0. The molecule has 2 aliphatic carbocycles. The van der Waals surface area contributed by atoms with Crippen molar-refractivity contribution in [3.63, 3.8) is 0 Å². The maximum Gasteiger partial charge on any atom is 0.225 e. The van der Waals surface area contributed by atoms with E-state index in [2.05, 4.69) is 50.9 Å². The van der Waals surface area contributed by atoms with Gasteiger partial charge in [-0.05, 0) is 37.7 Å². The van der Waals surface area contributed by atoms with E-state index in [4.69, 9.17) is 0 Å². The van der Waals surface area contributed by atoms with Crippen LogP contribution in [-0.4, -0.2) is 49.5 Å². The molecule has 1 aromatic rings. The Morgan fingerprint density at radius 2 is 1.86 bits per heavy atom. The molecular weight excluding hydrogens is 475 g/mol. The summed E-state index contributed by atoms with van der Waals surface area (Å²) in [4.78, 5) is 19.3. The Kier molecular flexibility index (Phi) is 7.82. The molecule has 1 aromatic carbocycles. The average Bonchev–Trinajstić information content (AvgIpc) is 3.41. The molecular formula is C23H35IN4O. The summed E-state index contributed by atoms with van der Waals surface area (Å²) in [5.74, 6) is 1.51. The fraction of sp³-hybridized carbons (Fsp3) is 0.652. The lowest BCUT2D eigenvalue weighted by Gasteiger charge is -2.26. The molecule has 3 aliphatic rings. The first-order valence-corrected chi connectivity index (χ1v) is 11.0. The average molecular weight is 510 g/mol. The molecule has 1 saturated heterocycles. The molecule has 160 valence electrons. The van der Waals surface area contributed by atoms with E-state index in [1.807, 2.05) is 7.05 Å². The van der Waals surface area contributed by atoms with Gasteiger partial charge in [0.2, 0.25) is 5.91 Å². The minimum Gasteiger partial charge on any atom is -0.356 e. The van der Waals surface area contributed by atoms with Crippen LogP contribution in [0.4, 0.5) is 0 Å². The van der Waals surface area contributed by atoms with Gasteiger partial charge in [-0.1, -0.05) is 49.6 Å². The standard InChI is InChI=1S/C23H34N4O.HI/c1-24-22(25-17-23(13-14-23)19-10-6-3-7-11-19)26-20-12-15-27(16-20)21(28)18-8-4-2-5-9-18;/h3,6-7,10-11,18,20H,2,4-5,8-9,12-17H2,1H3,(H2,24,25,26);1H. The number of nitrogens with one attached hydrogen (secondary N) is 2. The molecule has 1 unspecified atom stereocenters. The number of hydrogen-bond donors (Lipinski definition) is 2. The molecule has 1 amide bonds. The van der Waals surface area contributed by atoms with Gasteiger partial charge in [-0.15, -0.1) is 24.0 Å². The molecule has 3 fully saturated rings. The first-order valence-electron chi connectivity index (χ1n) is 11.0. The van der Waals surface area contributed by atoms with E-state index in [0.29, 0.717) is 11.9 Å². The number of amides is 1. The Bertz CT molecular complexity index is 698. The number of guanidine groups is 1. The number of carbonyl (C=O) groups is 1. The third-order valence-electron chi connectivity index (χ3n) is 6.85. The second-order valence-electron chi connectivity index (χ2n) is 8.82. The highest BCUT2D eigenvalue weighted by Gasteiger charge is 2.44.